The van der Waals surface area contributed by atoms with E-state index in [4.69, 9.17) is 28.2 Å². The van der Waals surface area contributed by atoms with Crippen molar-refractivity contribution in [2.75, 3.05) is 5.75 Å². The molecule has 0 N–H and O–H groups in total. The lowest BCUT2D eigenvalue weighted by molar-refractivity contribution is 0.102. The third-order valence-corrected chi connectivity index (χ3v) is 8.07. The highest BCUT2D eigenvalue weighted by Gasteiger charge is 2.13. The molecule has 0 spiro atoms. The van der Waals surface area contributed by atoms with Crippen molar-refractivity contribution in [3.8, 4) is 11.3 Å². The highest BCUT2D eigenvalue weighted by Crippen LogP contribution is 2.27. The van der Waals surface area contributed by atoms with Crippen LogP contribution in [0, 0.1) is 0 Å². The number of rotatable bonds is 9. The lowest BCUT2D eigenvalue weighted by Crippen LogP contribution is -2.04. The number of hydrogen-bond acceptors (Lipinski definition) is 7. The molecule has 0 atom stereocenters. The predicted octanol–water partition coefficient (Wildman–Crippen LogP) is 6.65. The number of nitrogens with zero attached hydrogens (tertiary/aromatic N) is 4. The molecule has 32 heavy (non-hydrogen) atoms. The van der Waals surface area contributed by atoms with Gasteiger partial charge in [-0.15, -0.1) is 33.3 Å². The zero-order valence-electron chi connectivity index (χ0n) is 17.0. The number of thiazole rings is 1. The summed E-state index contributed by atoms with van der Waals surface area (Å²) in [5.41, 5.74) is 2.66. The zero-order valence-corrected chi connectivity index (χ0v) is 21.0. The standard InChI is InChI=1S/C22H18Cl2N4OS3/c1-28-20(26-27-22(28)32-11-19(29)15-4-8-17(24)9-5-15)12-30-13-21-25-18(10-31-21)14-2-6-16(23)7-3-14/h2-10H,11-13H2,1H3. The predicted molar refractivity (Wildman–Crippen MR) is 135 cm³/mol. The first-order valence-electron chi connectivity index (χ1n) is 9.57. The van der Waals surface area contributed by atoms with E-state index in [1.165, 1.54) is 11.8 Å². The maximum atomic E-state index is 12.4. The summed E-state index contributed by atoms with van der Waals surface area (Å²) in [7, 11) is 1.92. The molecular weight excluding hydrogens is 503 g/mol. The molecule has 0 aliphatic carbocycles. The van der Waals surface area contributed by atoms with Crippen LogP contribution in [0.2, 0.25) is 10.0 Å². The first-order valence-corrected chi connectivity index (χ1v) is 13.3. The second kappa shape index (κ2) is 10.9. The van der Waals surface area contributed by atoms with E-state index in [9.17, 15) is 4.79 Å². The van der Waals surface area contributed by atoms with Gasteiger partial charge in [-0.3, -0.25) is 4.79 Å². The Morgan fingerprint density at radius 2 is 1.69 bits per heavy atom. The van der Waals surface area contributed by atoms with Gasteiger partial charge in [-0.05, 0) is 36.4 Å². The molecule has 0 unspecified atom stereocenters. The van der Waals surface area contributed by atoms with Crippen LogP contribution in [-0.4, -0.2) is 31.3 Å². The molecule has 0 saturated heterocycles. The maximum absolute atomic E-state index is 12.4. The lowest BCUT2D eigenvalue weighted by atomic mass is 10.1. The quantitative estimate of drug-likeness (QED) is 0.182. The summed E-state index contributed by atoms with van der Waals surface area (Å²) >= 11 is 16.6. The Bertz CT molecular complexity index is 1210. The number of hydrogen-bond donors (Lipinski definition) is 0. The molecule has 2 aromatic heterocycles. The molecule has 2 heterocycles. The summed E-state index contributed by atoms with van der Waals surface area (Å²) in [5.74, 6) is 2.71. The molecule has 0 amide bonds. The molecule has 0 aliphatic heterocycles. The van der Waals surface area contributed by atoms with E-state index in [2.05, 4.69) is 15.6 Å². The summed E-state index contributed by atoms with van der Waals surface area (Å²) in [4.78, 5) is 17.1. The van der Waals surface area contributed by atoms with Crippen LogP contribution in [0.25, 0.3) is 11.3 Å². The van der Waals surface area contributed by atoms with Gasteiger partial charge in [0.2, 0.25) is 0 Å². The van der Waals surface area contributed by atoms with Gasteiger partial charge in [-0.1, -0.05) is 47.1 Å². The minimum atomic E-state index is 0.0332. The molecule has 164 valence electrons. The van der Waals surface area contributed by atoms with Gasteiger partial charge in [0.1, 0.15) is 10.8 Å². The largest absolute Gasteiger partial charge is 0.308 e. The number of thioether (sulfide) groups is 2. The van der Waals surface area contributed by atoms with Gasteiger partial charge in [0.05, 0.1) is 17.2 Å². The van der Waals surface area contributed by atoms with E-state index in [1.807, 2.05) is 35.9 Å². The number of carbonyl (C=O) groups is 1. The first-order chi connectivity index (χ1) is 15.5. The third-order valence-electron chi connectivity index (χ3n) is 4.57. The SMILES string of the molecule is Cn1c(CSCc2nc(-c3ccc(Cl)cc3)cs2)nnc1SCC(=O)c1ccc(Cl)cc1. The summed E-state index contributed by atoms with van der Waals surface area (Å²) in [6.07, 6.45) is 0. The van der Waals surface area contributed by atoms with E-state index in [0.29, 0.717) is 22.1 Å². The van der Waals surface area contributed by atoms with E-state index in [1.54, 1.807) is 47.4 Å². The molecule has 0 fully saturated rings. The smallest absolute Gasteiger partial charge is 0.191 e. The van der Waals surface area contributed by atoms with Crippen molar-refractivity contribution in [2.45, 2.75) is 16.7 Å². The molecular formula is C22H18Cl2N4OS3. The van der Waals surface area contributed by atoms with Crippen molar-refractivity contribution in [1.29, 1.82) is 0 Å². The van der Waals surface area contributed by atoms with E-state index < -0.39 is 0 Å². The second-order valence-corrected chi connectivity index (χ2v) is 10.5. The Balaban J connectivity index is 1.28. The Morgan fingerprint density at radius 3 is 2.41 bits per heavy atom. The minimum Gasteiger partial charge on any atom is -0.308 e. The molecule has 2 aromatic carbocycles. The number of benzene rings is 2. The fourth-order valence-electron chi connectivity index (χ4n) is 2.81. The Hall–Kier alpha value is -1.84. The van der Waals surface area contributed by atoms with E-state index in [0.717, 1.165) is 38.0 Å². The van der Waals surface area contributed by atoms with Crippen LogP contribution in [-0.2, 0) is 18.6 Å². The topological polar surface area (TPSA) is 60.7 Å². The Kier molecular flexibility index (Phi) is 7.91. The number of ketones is 1. The van der Waals surface area contributed by atoms with Gasteiger partial charge in [-0.2, -0.15) is 0 Å². The van der Waals surface area contributed by atoms with Gasteiger partial charge in [0.15, 0.2) is 10.9 Å². The zero-order chi connectivity index (χ0) is 22.5. The Labute approximate surface area is 208 Å². The molecule has 4 rings (SSSR count). The number of Topliss-reactive ketones (excluding diaryl/α,β-unsaturated/α-hetero) is 1. The van der Waals surface area contributed by atoms with Crippen molar-refractivity contribution < 1.29 is 4.79 Å². The van der Waals surface area contributed by atoms with Crippen molar-refractivity contribution in [2.24, 2.45) is 7.05 Å². The number of aromatic nitrogens is 4. The van der Waals surface area contributed by atoms with Crippen LogP contribution in [0.3, 0.4) is 0 Å². The summed E-state index contributed by atoms with van der Waals surface area (Å²) < 4.78 is 1.94. The monoisotopic (exact) mass is 520 g/mol. The van der Waals surface area contributed by atoms with Crippen molar-refractivity contribution in [1.82, 2.24) is 19.7 Å². The van der Waals surface area contributed by atoms with Gasteiger partial charge >= 0.3 is 0 Å². The normalized spacial score (nSPS) is 11.1. The Morgan fingerprint density at radius 1 is 1.00 bits per heavy atom. The average molecular weight is 522 g/mol. The lowest BCUT2D eigenvalue weighted by Gasteiger charge is -2.04. The second-order valence-electron chi connectivity index (χ2n) is 6.80. The molecule has 0 saturated carbocycles. The van der Waals surface area contributed by atoms with E-state index in [-0.39, 0.29) is 5.78 Å². The van der Waals surface area contributed by atoms with Crippen molar-refractivity contribution in [3.05, 3.63) is 80.4 Å². The molecule has 0 bridgehead atoms. The van der Waals surface area contributed by atoms with Crippen LogP contribution in [0.4, 0.5) is 0 Å². The third kappa shape index (κ3) is 5.94. The fourth-order valence-corrected chi connectivity index (χ4v) is 5.77. The number of halogens is 2. The highest BCUT2D eigenvalue weighted by molar-refractivity contribution is 7.99. The average Bonchev–Trinajstić information content (AvgIpc) is 3.40. The van der Waals surface area contributed by atoms with Gasteiger partial charge in [-0.25, -0.2) is 4.98 Å². The van der Waals surface area contributed by atoms with Crippen LogP contribution in [0.1, 0.15) is 21.2 Å². The summed E-state index contributed by atoms with van der Waals surface area (Å²) in [5, 5.41) is 13.7. The molecule has 10 heteroatoms. The molecule has 0 radical (unpaired) electrons. The van der Waals surface area contributed by atoms with Crippen molar-refractivity contribution >= 4 is 63.8 Å². The summed E-state index contributed by atoms with van der Waals surface area (Å²) in [6.45, 7) is 0. The maximum Gasteiger partial charge on any atom is 0.191 e. The number of carbonyl (C=O) groups excluding carboxylic acids is 1. The van der Waals surface area contributed by atoms with Gasteiger partial charge in [0, 0.05) is 39.4 Å². The van der Waals surface area contributed by atoms with Crippen LogP contribution >= 0.6 is 58.1 Å². The first kappa shape index (κ1) is 23.3. The fraction of sp³-hybridized carbons (Fsp3) is 0.182. The van der Waals surface area contributed by atoms with Gasteiger partial charge < -0.3 is 4.57 Å². The van der Waals surface area contributed by atoms with Crippen LogP contribution in [0.15, 0.2) is 59.1 Å². The minimum absolute atomic E-state index is 0.0332. The van der Waals surface area contributed by atoms with Crippen LogP contribution < -0.4 is 0 Å². The molecule has 4 aromatic rings. The van der Waals surface area contributed by atoms with Gasteiger partial charge in [0.25, 0.3) is 0 Å². The highest BCUT2D eigenvalue weighted by atomic mass is 35.5. The molecule has 0 aliphatic rings. The van der Waals surface area contributed by atoms with E-state index >= 15 is 0 Å². The van der Waals surface area contributed by atoms with Crippen molar-refractivity contribution in [3.63, 3.8) is 0 Å². The van der Waals surface area contributed by atoms with Crippen LogP contribution in [0.5, 0.6) is 0 Å². The molecule has 5 nitrogen and oxygen atoms in total. The summed E-state index contributed by atoms with van der Waals surface area (Å²) in [6, 6.07) is 14.6.